The summed E-state index contributed by atoms with van der Waals surface area (Å²) in [6.07, 6.45) is 2.55. The molecule has 2 aromatic heterocycles. The molecule has 0 aliphatic carbocycles. The van der Waals surface area contributed by atoms with Gasteiger partial charge in [-0.1, -0.05) is 6.92 Å². The molecule has 0 aromatic carbocycles. The number of aliphatic carboxylic acids is 1. The van der Waals surface area contributed by atoms with Crippen LogP contribution >= 0.6 is 0 Å². The molecule has 2 rings (SSSR count). The molecule has 7 nitrogen and oxygen atoms in total. The molecular weight excluding hydrogens is 253 g/mol. The van der Waals surface area contributed by atoms with Gasteiger partial charge in [-0.3, -0.25) is 9.78 Å². The maximum atomic E-state index is 13.1. The monoisotopic (exact) mass is 265 g/mol. The minimum atomic E-state index is -0.880. The van der Waals surface area contributed by atoms with Crippen LogP contribution in [0.2, 0.25) is 0 Å². The zero-order valence-corrected chi connectivity index (χ0v) is 10.2. The number of hydrogen-bond donors (Lipinski definition) is 1. The lowest BCUT2D eigenvalue weighted by molar-refractivity contribution is -0.138. The number of halogens is 1. The first-order valence-corrected chi connectivity index (χ1v) is 5.65. The first kappa shape index (κ1) is 13.1. The number of aromatic nitrogens is 5. The Bertz CT molecular complexity index is 586. The summed E-state index contributed by atoms with van der Waals surface area (Å²) in [6, 6.07) is 1.27. The van der Waals surface area contributed by atoms with Gasteiger partial charge in [0.15, 0.2) is 5.82 Å². The number of pyridine rings is 1. The number of carbonyl (C=O) groups is 1. The van der Waals surface area contributed by atoms with E-state index in [-0.39, 0.29) is 12.3 Å². The Kier molecular flexibility index (Phi) is 3.79. The first-order chi connectivity index (χ1) is 9.06. The van der Waals surface area contributed by atoms with E-state index in [2.05, 4.69) is 20.5 Å². The summed E-state index contributed by atoms with van der Waals surface area (Å²) in [7, 11) is 0. The van der Waals surface area contributed by atoms with Gasteiger partial charge in [-0.2, -0.15) is 0 Å². The van der Waals surface area contributed by atoms with Gasteiger partial charge in [-0.15, -0.1) is 5.10 Å². The molecule has 0 aliphatic heterocycles. The third-order valence-electron chi connectivity index (χ3n) is 2.50. The van der Waals surface area contributed by atoms with E-state index in [1.165, 1.54) is 16.9 Å². The van der Waals surface area contributed by atoms with Gasteiger partial charge >= 0.3 is 5.97 Å². The van der Waals surface area contributed by atoms with Crippen molar-refractivity contribution in [3.8, 4) is 11.4 Å². The normalized spacial score (nSPS) is 12.3. The van der Waals surface area contributed by atoms with Crippen LogP contribution in [0.4, 0.5) is 4.39 Å². The lowest BCUT2D eigenvalue weighted by atomic mass is 10.1. The fourth-order valence-corrected chi connectivity index (χ4v) is 1.73. The molecule has 2 heterocycles. The van der Waals surface area contributed by atoms with Gasteiger partial charge < -0.3 is 5.11 Å². The van der Waals surface area contributed by atoms with E-state index in [0.29, 0.717) is 17.9 Å². The average molecular weight is 265 g/mol. The summed E-state index contributed by atoms with van der Waals surface area (Å²) < 4.78 is 14.6. The molecule has 19 heavy (non-hydrogen) atoms. The number of tetrazole rings is 1. The van der Waals surface area contributed by atoms with Crippen LogP contribution in [0.15, 0.2) is 18.5 Å². The van der Waals surface area contributed by atoms with Crippen molar-refractivity contribution in [3.05, 3.63) is 24.3 Å². The maximum absolute atomic E-state index is 13.1. The highest BCUT2D eigenvalue weighted by molar-refractivity contribution is 5.66. The van der Waals surface area contributed by atoms with Crippen molar-refractivity contribution in [1.82, 2.24) is 25.2 Å². The van der Waals surface area contributed by atoms with E-state index >= 15 is 0 Å². The van der Waals surface area contributed by atoms with Gasteiger partial charge in [-0.25, -0.2) is 9.07 Å². The fraction of sp³-hybridized carbons (Fsp3) is 0.364. The molecule has 0 saturated heterocycles. The van der Waals surface area contributed by atoms with Crippen molar-refractivity contribution in [2.24, 2.45) is 5.92 Å². The predicted octanol–water partition coefficient (Wildman–Crippen LogP) is 0.985. The second kappa shape index (κ2) is 5.51. The molecule has 2 aromatic rings. The summed E-state index contributed by atoms with van der Waals surface area (Å²) in [6.45, 7) is 2.12. The van der Waals surface area contributed by atoms with Crippen LogP contribution in [0.1, 0.15) is 13.3 Å². The smallest absolute Gasteiger partial charge is 0.303 e. The van der Waals surface area contributed by atoms with Gasteiger partial charge in [0.1, 0.15) is 5.82 Å². The van der Waals surface area contributed by atoms with E-state index in [4.69, 9.17) is 5.11 Å². The minimum absolute atomic E-state index is 0.0146. The van der Waals surface area contributed by atoms with Crippen LogP contribution in [0.3, 0.4) is 0 Å². The largest absolute Gasteiger partial charge is 0.481 e. The van der Waals surface area contributed by atoms with Gasteiger partial charge in [0.25, 0.3) is 0 Å². The van der Waals surface area contributed by atoms with E-state index in [1.54, 1.807) is 6.92 Å². The van der Waals surface area contributed by atoms with Crippen LogP contribution < -0.4 is 0 Å². The summed E-state index contributed by atoms with van der Waals surface area (Å²) in [4.78, 5) is 14.3. The zero-order chi connectivity index (χ0) is 13.8. The Hall–Kier alpha value is -2.38. The molecule has 1 N–H and O–H groups in total. The minimum Gasteiger partial charge on any atom is -0.481 e. The average Bonchev–Trinajstić information content (AvgIpc) is 2.75. The van der Waals surface area contributed by atoms with Crippen molar-refractivity contribution in [2.75, 3.05) is 0 Å². The highest BCUT2D eigenvalue weighted by Gasteiger charge is 2.14. The van der Waals surface area contributed by atoms with E-state index < -0.39 is 11.8 Å². The van der Waals surface area contributed by atoms with Gasteiger partial charge in [-0.05, 0) is 22.4 Å². The van der Waals surface area contributed by atoms with Gasteiger partial charge in [0.2, 0.25) is 0 Å². The summed E-state index contributed by atoms with van der Waals surface area (Å²) in [5.41, 5.74) is 0.451. The Morgan fingerprint density at radius 2 is 2.32 bits per heavy atom. The Labute approximate surface area is 108 Å². The van der Waals surface area contributed by atoms with Crippen molar-refractivity contribution < 1.29 is 14.3 Å². The number of nitrogens with zero attached hydrogens (tertiary/aromatic N) is 5. The second-order valence-corrected chi connectivity index (χ2v) is 4.28. The van der Waals surface area contributed by atoms with Crippen molar-refractivity contribution in [3.63, 3.8) is 0 Å². The van der Waals surface area contributed by atoms with Gasteiger partial charge in [0, 0.05) is 24.7 Å². The Balaban J connectivity index is 2.20. The Morgan fingerprint density at radius 3 is 3.00 bits per heavy atom. The molecule has 0 radical (unpaired) electrons. The third kappa shape index (κ3) is 3.30. The lowest BCUT2D eigenvalue weighted by Gasteiger charge is -2.09. The quantitative estimate of drug-likeness (QED) is 0.866. The molecule has 8 heteroatoms. The molecule has 1 atom stereocenters. The summed E-state index contributed by atoms with van der Waals surface area (Å²) in [5.74, 6) is -1.13. The van der Waals surface area contributed by atoms with E-state index in [1.807, 2.05) is 0 Å². The molecule has 0 amide bonds. The highest BCUT2D eigenvalue weighted by atomic mass is 19.1. The van der Waals surface area contributed by atoms with Crippen LogP contribution in [0.5, 0.6) is 0 Å². The summed E-state index contributed by atoms with van der Waals surface area (Å²) >= 11 is 0. The van der Waals surface area contributed by atoms with Gasteiger partial charge in [0.05, 0.1) is 6.20 Å². The standard InChI is InChI=1S/C11H12FN5O2/c1-7(2-10(18)19)6-17-11(14-15-16-17)8-3-9(12)5-13-4-8/h3-5,7H,2,6H2,1H3,(H,18,19). The van der Waals surface area contributed by atoms with Crippen LogP contribution in [-0.2, 0) is 11.3 Å². The number of hydrogen-bond acceptors (Lipinski definition) is 5. The Morgan fingerprint density at radius 1 is 1.53 bits per heavy atom. The molecule has 0 bridgehead atoms. The van der Waals surface area contributed by atoms with Crippen molar-refractivity contribution >= 4 is 5.97 Å². The van der Waals surface area contributed by atoms with E-state index in [9.17, 15) is 9.18 Å². The van der Waals surface area contributed by atoms with Crippen molar-refractivity contribution in [1.29, 1.82) is 0 Å². The summed E-state index contributed by atoms with van der Waals surface area (Å²) in [5, 5.41) is 19.8. The lowest BCUT2D eigenvalue weighted by Crippen LogP contribution is -2.14. The van der Waals surface area contributed by atoms with Crippen LogP contribution in [-0.4, -0.2) is 36.3 Å². The molecular formula is C11H12FN5O2. The molecule has 0 spiro atoms. The zero-order valence-electron chi connectivity index (χ0n) is 10.2. The molecule has 0 saturated carbocycles. The highest BCUT2D eigenvalue weighted by Crippen LogP contribution is 2.17. The number of carboxylic acids is 1. The topological polar surface area (TPSA) is 93.8 Å². The first-order valence-electron chi connectivity index (χ1n) is 5.65. The second-order valence-electron chi connectivity index (χ2n) is 4.28. The molecule has 0 fully saturated rings. The molecule has 100 valence electrons. The maximum Gasteiger partial charge on any atom is 0.303 e. The SMILES string of the molecule is CC(CC(=O)O)Cn1nnnc1-c1cncc(F)c1. The van der Waals surface area contributed by atoms with E-state index in [0.717, 1.165) is 6.20 Å². The number of rotatable bonds is 5. The fourth-order valence-electron chi connectivity index (χ4n) is 1.73. The number of carboxylic acid groups (broad SMARTS) is 1. The molecule has 1 unspecified atom stereocenters. The van der Waals surface area contributed by atoms with Crippen LogP contribution in [0, 0.1) is 11.7 Å². The molecule has 0 aliphatic rings. The predicted molar refractivity (Wildman–Crippen MR) is 62.4 cm³/mol. The van der Waals surface area contributed by atoms with Crippen molar-refractivity contribution in [2.45, 2.75) is 19.9 Å². The third-order valence-corrected chi connectivity index (χ3v) is 2.50. The van der Waals surface area contributed by atoms with Crippen LogP contribution in [0.25, 0.3) is 11.4 Å².